The lowest BCUT2D eigenvalue weighted by Crippen LogP contribution is -2.16. The van der Waals surface area contributed by atoms with E-state index in [2.05, 4.69) is 0 Å². The zero-order valence-corrected chi connectivity index (χ0v) is 8.44. The minimum absolute atomic E-state index is 0.338. The highest BCUT2D eigenvalue weighted by atomic mass is 16.5. The number of nitrogens with two attached hydrogens (primary N) is 1. The second-order valence-corrected chi connectivity index (χ2v) is 3.22. The van der Waals surface area contributed by atoms with E-state index >= 15 is 0 Å². The van der Waals surface area contributed by atoms with Crippen molar-refractivity contribution in [1.29, 1.82) is 0 Å². The van der Waals surface area contributed by atoms with E-state index in [-0.39, 0.29) is 0 Å². The molecule has 1 aromatic rings. The van der Waals surface area contributed by atoms with Gasteiger partial charge in [0.05, 0.1) is 6.10 Å². The maximum absolute atomic E-state index is 9.30. The van der Waals surface area contributed by atoms with Gasteiger partial charge in [0.1, 0.15) is 12.4 Å². The summed E-state index contributed by atoms with van der Waals surface area (Å²) in [6.45, 7) is 2.77. The number of rotatable bonds is 5. The third-order valence-electron chi connectivity index (χ3n) is 2.05. The minimum atomic E-state index is -0.392. The lowest BCUT2D eigenvalue weighted by molar-refractivity contribution is 0.104. The zero-order valence-electron chi connectivity index (χ0n) is 8.44. The minimum Gasteiger partial charge on any atom is -0.491 e. The summed E-state index contributed by atoms with van der Waals surface area (Å²) in [5, 5.41) is 9.30. The van der Waals surface area contributed by atoms with Crippen molar-refractivity contribution >= 4 is 0 Å². The van der Waals surface area contributed by atoms with Crippen LogP contribution in [0.15, 0.2) is 24.3 Å². The van der Waals surface area contributed by atoms with Crippen molar-refractivity contribution in [1.82, 2.24) is 0 Å². The normalized spacial score (nSPS) is 12.5. The van der Waals surface area contributed by atoms with Crippen molar-refractivity contribution in [3.63, 3.8) is 0 Å². The van der Waals surface area contributed by atoms with Crippen LogP contribution in [0.4, 0.5) is 0 Å². The molecule has 0 saturated carbocycles. The summed E-state index contributed by atoms with van der Waals surface area (Å²) in [6.07, 6.45) is 0.313. The number of aliphatic hydroxyl groups is 1. The molecule has 0 fully saturated rings. The van der Waals surface area contributed by atoms with Gasteiger partial charge in [-0.15, -0.1) is 0 Å². The predicted molar refractivity (Wildman–Crippen MR) is 56.1 cm³/mol. The molecule has 1 aromatic carbocycles. The van der Waals surface area contributed by atoms with Crippen molar-refractivity contribution in [3.05, 3.63) is 29.8 Å². The first-order chi connectivity index (χ1) is 6.76. The van der Waals surface area contributed by atoms with E-state index in [1.165, 1.54) is 0 Å². The smallest absolute Gasteiger partial charge is 0.119 e. The number of benzene rings is 1. The molecule has 78 valence electrons. The molecule has 0 radical (unpaired) electrons. The molecule has 0 aliphatic carbocycles. The topological polar surface area (TPSA) is 55.5 Å². The van der Waals surface area contributed by atoms with Crippen LogP contribution in [0.3, 0.4) is 0 Å². The Morgan fingerprint density at radius 3 is 2.93 bits per heavy atom. The summed E-state index contributed by atoms with van der Waals surface area (Å²) in [5.74, 6) is 0.764. The summed E-state index contributed by atoms with van der Waals surface area (Å²) >= 11 is 0. The van der Waals surface area contributed by atoms with Gasteiger partial charge >= 0.3 is 0 Å². The lowest BCUT2D eigenvalue weighted by Gasteiger charge is -2.10. The summed E-state index contributed by atoms with van der Waals surface area (Å²) < 4.78 is 5.40. The van der Waals surface area contributed by atoms with E-state index in [4.69, 9.17) is 10.5 Å². The Labute approximate surface area is 84.5 Å². The standard InChI is InChI=1S/C11H17NO2/c1-2-10(13)8-14-11-5-3-4-9(6-11)7-12/h3-6,10,13H,2,7-8,12H2,1H3. The van der Waals surface area contributed by atoms with E-state index < -0.39 is 6.10 Å². The molecule has 0 spiro atoms. The van der Waals surface area contributed by atoms with Gasteiger partial charge in [-0.05, 0) is 24.1 Å². The molecule has 0 aromatic heterocycles. The van der Waals surface area contributed by atoms with Gasteiger partial charge in [0.15, 0.2) is 0 Å². The molecule has 3 N–H and O–H groups in total. The average Bonchev–Trinajstić information content (AvgIpc) is 2.26. The molecule has 3 nitrogen and oxygen atoms in total. The van der Waals surface area contributed by atoms with Crippen molar-refractivity contribution in [2.45, 2.75) is 26.0 Å². The van der Waals surface area contributed by atoms with Crippen LogP contribution < -0.4 is 10.5 Å². The van der Waals surface area contributed by atoms with Crippen molar-refractivity contribution < 1.29 is 9.84 Å². The van der Waals surface area contributed by atoms with E-state index in [1.807, 2.05) is 31.2 Å². The Kier molecular flexibility index (Phi) is 4.43. The Morgan fingerprint density at radius 2 is 2.29 bits per heavy atom. The molecule has 0 aliphatic rings. The SMILES string of the molecule is CCC(O)COc1cccc(CN)c1. The Hall–Kier alpha value is -1.06. The number of hydrogen-bond acceptors (Lipinski definition) is 3. The number of hydrogen-bond donors (Lipinski definition) is 2. The lowest BCUT2D eigenvalue weighted by atomic mass is 10.2. The first kappa shape index (κ1) is 11.0. The van der Waals surface area contributed by atoms with Crippen LogP contribution in [0.2, 0.25) is 0 Å². The monoisotopic (exact) mass is 195 g/mol. The summed E-state index contributed by atoms with van der Waals surface area (Å²) in [6, 6.07) is 7.60. The van der Waals surface area contributed by atoms with E-state index in [9.17, 15) is 5.11 Å². The van der Waals surface area contributed by atoms with Gasteiger partial charge in [-0.3, -0.25) is 0 Å². The van der Waals surface area contributed by atoms with E-state index in [0.717, 1.165) is 11.3 Å². The first-order valence-corrected chi connectivity index (χ1v) is 4.86. The Morgan fingerprint density at radius 1 is 1.50 bits per heavy atom. The maximum atomic E-state index is 9.30. The number of ether oxygens (including phenoxy) is 1. The largest absolute Gasteiger partial charge is 0.491 e. The highest BCUT2D eigenvalue weighted by Crippen LogP contribution is 2.13. The zero-order chi connectivity index (χ0) is 10.4. The van der Waals surface area contributed by atoms with E-state index in [0.29, 0.717) is 19.6 Å². The van der Waals surface area contributed by atoms with Crippen LogP contribution in [0.5, 0.6) is 5.75 Å². The third kappa shape index (κ3) is 3.36. The Balaban J connectivity index is 2.50. The van der Waals surface area contributed by atoms with Gasteiger partial charge in [-0.1, -0.05) is 19.1 Å². The van der Waals surface area contributed by atoms with Crippen molar-refractivity contribution in [2.24, 2.45) is 5.73 Å². The molecule has 1 atom stereocenters. The second-order valence-electron chi connectivity index (χ2n) is 3.22. The fraction of sp³-hybridized carbons (Fsp3) is 0.455. The molecular formula is C11H17NO2. The quantitative estimate of drug-likeness (QED) is 0.744. The summed E-state index contributed by atoms with van der Waals surface area (Å²) in [5.41, 5.74) is 6.53. The molecule has 1 rings (SSSR count). The predicted octanol–water partition coefficient (Wildman–Crippen LogP) is 1.29. The second kappa shape index (κ2) is 5.62. The van der Waals surface area contributed by atoms with Crippen LogP contribution in [0, 0.1) is 0 Å². The molecule has 3 heteroatoms. The van der Waals surface area contributed by atoms with Crippen LogP contribution in [0.1, 0.15) is 18.9 Å². The maximum Gasteiger partial charge on any atom is 0.119 e. The fourth-order valence-electron chi connectivity index (χ4n) is 1.07. The summed E-state index contributed by atoms with van der Waals surface area (Å²) in [7, 11) is 0. The molecule has 0 amide bonds. The van der Waals surface area contributed by atoms with Crippen molar-refractivity contribution in [3.8, 4) is 5.75 Å². The molecule has 0 heterocycles. The van der Waals surface area contributed by atoms with Crippen molar-refractivity contribution in [2.75, 3.05) is 6.61 Å². The van der Waals surface area contributed by atoms with Gasteiger partial charge in [0, 0.05) is 6.54 Å². The molecule has 0 bridgehead atoms. The average molecular weight is 195 g/mol. The van der Waals surface area contributed by atoms with Gasteiger partial charge in [0.2, 0.25) is 0 Å². The fourth-order valence-corrected chi connectivity index (χ4v) is 1.07. The molecular weight excluding hydrogens is 178 g/mol. The van der Waals surface area contributed by atoms with Gasteiger partial charge < -0.3 is 15.6 Å². The highest BCUT2D eigenvalue weighted by Gasteiger charge is 2.01. The van der Waals surface area contributed by atoms with Gasteiger partial charge in [-0.25, -0.2) is 0 Å². The van der Waals surface area contributed by atoms with Crippen LogP contribution in [-0.4, -0.2) is 17.8 Å². The van der Waals surface area contributed by atoms with Gasteiger partial charge in [-0.2, -0.15) is 0 Å². The Bertz CT molecular complexity index is 276. The van der Waals surface area contributed by atoms with E-state index in [1.54, 1.807) is 0 Å². The van der Waals surface area contributed by atoms with Gasteiger partial charge in [0.25, 0.3) is 0 Å². The third-order valence-corrected chi connectivity index (χ3v) is 2.05. The summed E-state index contributed by atoms with van der Waals surface area (Å²) in [4.78, 5) is 0. The van der Waals surface area contributed by atoms with Crippen LogP contribution >= 0.6 is 0 Å². The van der Waals surface area contributed by atoms with Crippen LogP contribution in [0.25, 0.3) is 0 Å². The molecule has 0 saturated heterocycles. The number of aliphatic hydroxyl groups excluding tert-OH is 1. The molecule has 1 unspecified atom stereocenters. The first-order valence-electron chi connectivity index (χ1n) is 4.86. The molecule has 0 aliphatic heterocycles. The molecule has 14 heavy (non-hydrogen) atoms. The van der Waals surface area contributed by atoms with Crippen LogP contribution in [-0.2, 0) is 6.54 Å². The highest BCUT2D eigenvalue weighted by molar-refractivity contribution is 5.28.